The van der Waals surface area contributed by atoms with Crippen molar-refractivity contribution in [3.63, 3.8) is 0 Å². The highest BCUT2D eigenvalue weighted by Gasteiger charge is 2.15. The molecule has 0 saturated carbocycles. The van der Waals surface area contributed by atoms with Gasteiger partial charge in [-0.15, -0.1) is 0 Å². The predicted octanol–water partition coefficient (Wildman–Crippen LogP) is 5.12. The van der Waals surface area contributed by atoms with E-state index < -0.39 is 24.1 Å². The van der Waals surface area contributed by atoms with Crippen molar-refractivity contribution >= 4 is 46.3 Å². The minimum Gasteiger partial charge on any atom is -0.504 e. The first kappa shape index (κ1) is 21.5. The molecule has 0 heterocycles. The molecule has 0 spiro atoms. The molecule has 3 aromatic rings. The second kappa shape index (κ2) is 9.52. The van der Waals surface area contributed by atoms with Crippen LogP contribution in [-0.4, -0.2) is 28.6 Å². The molecule has 0 aliphatic carbocycles. The quantitative estimate of drug-likeness (QED) is 0.265. The smallest absolute Gasteiger partial charge is 0.310 e. The van der Waals surface area contributed by atoms with Gasteiger partial charge in [-0.3, -0.25) is 9.59 Å². The summed E-state index contributed by atoms with van der Waals surface area (Å²) in [6, 6.07) is 15.8. The SMILES string of the molecule is O=C(Cc1ccccc1Nc1c(Cl)cccc1Cl)OCC(=O)c1ccc(O)c(O)c1. The van der Waals surface area contributed by atoms with E-state index in [1.54, 1.807) is 42.5 Å². The van der Waals surface area contributed by atoms with E-state index in [1.807, 2.05) is 0 Å². The van der Waals surface area contributed by atoms with Crippen molar-refractivity contribution in [1.82, 2.24) is 0 Å². The van der Waals surface area contributed by atoms with Crippen LogP contribution >= 0.6 is 23.2 Å². The zero-order chi connectivity index (χ0) is 21.7. The van der Waals surface area contributed by atoms with Gasteiger partial charge in [0.15, 0.2) is 23.9 Å². The molecule has 0 aromatic heterocycles. The maximum absolute atomic E-state index is 12.3. The second-order valence-corrected chi connectivity index (χ2v) is 7.16. The molecule has 0 radical (unpaired) electrons. The maximum atomic E-state index is 12.3. The van der Waals surface area contributed by atoms with Gasteiger partial charge >= 0.3 is 5.97 Å². The number of esters is 1. The number of hydrogen-bond acceptors (Lipinski definition) is 6. The molecule has 3 aromatic carbocycles. The van der Waals surface area contributed by atoms with Crippen molar-refractivity contribution in [1.29, 1.82) is 0 Å². The van der Waals surface area contributed by atoms with Crippen LogP contribution in [0.4, 0.5) is 11.4 Å². The monoisotopic (exact) mass is 445 g/mol. The van der Waals surface area contributed by atoms with Crippen molar-refractivity contribution < 1.29 is 24.5 Å². The van der Waals surface area contributed by atoms with Gasteiger partial charge in [0.05, 0.1) is 22.2 Å². The van der Waals surface area contributed by atoms with Crippen molar-refractivity contribution in [3.05, 3.63) is 81.8 Å². The molecule has 0 aliphatic heterocycles. The number of nitrogens with one attached hydrogen (secondary N) is 1. The Kier molecular flexibility index (Phi) is 6.82. The Morgan fingerprint density at radius 3 is 2.30 bits per heavy atom. The number of benzene rings is 3. The molecule has 0 amide bonds. The number of halogens is 2. The van der Waals surface area contributed by atoms with E-state index in [1.165, 1.54) is 12.1 Å². The van der Waals surface area contributed by atoms with E-state index in [0.717, 1.165) is 6.07 Å². The third-order valence-electron chi connectivity index (χ3n) is 4.24. The van der Waals surface area contributed by atoms with Crippen LogP contribution in [-0.2, 0) is 16.0 Å². The molecule has 3 rings (SSSR count). The number of phenolic OH excluding ortho intramolecular Hbond substituents is 2. The summed E-state index contributed by atoms with van der Waals surface area (Å²) in [4.78, 5) is 24.4. The van der Waals surface area contributed by atoms with Gasteiger partial charge in [-0.05, 0) is 42.0 Å². The molecule has 3 N–H and O–H groups in total. The Balaban J connectivity index is 1.66. The molecular formula is C22H17Cl2NO5. The first-order valence-electron chi connectivity index (χ1n) is 8.85. The first-order chi connectivity index (χ1) is 14.3. The standard InChI is InChI=1S/C22H17Cl2NO5/c23-15-5-3-6-16(24)22(15)25-17-7-2-1-4-13(17)11-21(29)30-12-20(28)14-8-9-18(26)19(27)10-14/h1-10,25-27H,11-12H2. The molecule has 154 valence electrons. The van der Waals surface area contributed by atoms with E-state index >= 15 is 0 Å². The number of rotatable bonds is 7. The second-order valence-electron chi connectivity index (χ2n) is 6.34. The Labute approximate surface area is 182 Å². The molecule has 6 nitrogen and oxygen atoms in total. The van der Waals surface area contributed by atoms with E-state index in [9.17, 15) is 19.8 Å². The number of carbonyl (C=O) groups excluding carboxylic acids is 2. The highest BCUT2D eigenvalue weighted by Crippen LogP contribution is 2.33. The molecule has 0 fully saturated rings. The summed E-state index contributed by atoms with van der Waals surface area (Å²) in [6.07, 6.45) is -0.0840. The lowest BCUT2D eigenvalue weighted by atomic mass is 10.1. The molecule has 0 atom stereocenters. The Morgan fingerprint density at radius 2 is 1.60 bits per heavy atom. The first-order valence-corrected chi connectivity index (χ1v) is 9.60. The average molecular weight is 446 g/mol. The number of hydrogen-bond donors (Lipinski definition) is 3. The van der Waals surface area contributed by atoms with Crippen LogP contribution < -0.4 is 5.32 Å². The molecular weight excluding hydrogens is 429 g/mol. The minimum absolute atomic E-state index is 0.0840. The lowest BCUT2D eigenvalue weighted by Crippen LogP contribution is -2.16. The summed E-state index contributed by atoms with van der Waals surface area (Å²) in [5, 5.41) is 22.8. The molecule has 8 heteroatoms. The van der Waals surface area contributed by atoms with Crippen LogP contribution in [0.5, 0.6) is 11.5 Å². The molecule has 0 saturated heterocycles. The van der Waals surface area contributed by atoms with E-state index in [0.29, 0.717) is 27.0 Å². The summed E-state index contributed by atoms with van der Waals surface area (Å²) in [5.41, 5.74) is 1.89. The van der Waals surface area contributed by atoms with Crippen LogP contribution in [0.2, 0.25) is 10.0 Å². The Bertz CT molecular complexity index is 1080. The fraction of sp³-hybridized carbons (Fsp3) is 0.0909. The number of aromatic hydroxyl groups is 2. The van der Waals surface area contributed by atoms with Gasteiger partial charge in [-0.2, -0.15) is 0 Å². The lowest BCUT2D eigenvalue weighted by Gasteiger charge is -2.14. The fourth-order valence-electron chi connectivity index (χ4n) is 2.68. The van der Waals surface area contributed by atoms with Crippen LogP contribution in [0.25, 0.3) is 0 Å². The number of para-hydroxylation sites is 2. The van der Waals surface area contributed by atoms with Crippen molar-refractivity contribution in [2.24, 2.45) is 0 Å². The summed E-state index contributed by atoms with van der Waals surface area (Å²) < 4.78 is 5.07. The van der Waals surface area contributed by atoms with Gasteiger partial charge in [0.2, 0.25) is 0 Å². The summed E-state index contributed by atoms with van der Waals surface area (Å²) in [7, 11) is 0. The average Bonchev–Trinajstić information content (AvgIpc) is 2.72. The van der Waals surface area contributed by atoms with Crippen molar-refractivity contribution in [2.45, 2.75) is 6.42 Å². The van der Waals surface area contributed by atoms with Crippen molar-refractivity contribution in [2.75, 3.05) is 11.9 Å². The number of ether oxygens (including phenoxy) is 1. The van der Waals surface area contributed by atoms with Gasteiger partial charge in [0.25, 0.3) is 0 Å². The lowest BCUT2D eigenvalue weighted by molar-refractivity contribution is -0.141. The zero-order valence-electron chi connectivity index (χ0n) is 15.6. The van der Waals surface area contributed by atoms with E-state index in [2.05, 4.69) is 5.32 Å². The number of phenols is 2. The summed E-state index contributed by atoms with van der Waals surface area (Å²) in [6.45, 7) is -0.491. The molecule has 0 bridgehead atoms. The highest BCUT2D eigenvalue weighted by atomic mass is 35.5. The summed E-state index contributed by atoms with van der Waals surface area (Å²) >= 11 is 12.4. The Hall–Kier alpha value is -3.22. The van der Waals surface area contributed by atoms with Gasteiger partial charge in [0.1, 0.15) is 0 Å². The van der Waals surface area contributed by atoms with Crippen LogP contribution in [0, 0.1) is 0 Å². The number of ketones is 1. The Morgan fingerprint density at radius 1 is 0.900 bits per heavy atom. The molecule has 0 aliphatic rings. The molecule has 0 unspecified atom stereocenters. The van der Waals surface area contributed by atoms with E-state index in [4.69, 9.17) is 27.9 Å². The van der Waals surface area contributed by atoms with Crippen LogP contribution in [0.15, 0.2) is 60.7 Å². The number of carbonyl (C=O) groups is 2. The van der Waals surface area contributed by atoms with Crippen LogP contribution in [0.3, 0.4) is 0 Å². The maximum Gasteiger partial charge on any atom is 0.310 e. The van der Waals surface area contributed by atoms with Gasteiger partial charge < -0.3 is 20.3 Å². The third kappa shape index (κ3) is 5.23. The van der Waals surface area contributed by atoms with Gasteiger partial charge in [-0.25, -0.2) is 0 Å². The topological polar surface area (TPSA) is 95.9 Å². The van der Waals surface area contributed by atoms with Crippen molar-refractivity contribution in [3.8, 4) is 11.5 Å². The fourth-order valence-corrected chi connectivity index (χ4v) is 3.17. The normalized spacial score (nSPS) is 10.5. The minimum atomic E-state index is -0.606. The van der Waals surface area contributed by atoms with E-state index in [-0.39, 0.29) is 17.7 Å². The number of Topliss-reactive ketones (excluding diaryl/α,β-unsaturated/α-hetero) is 1. The van der Waals surface area contributed by atoms with Gasteiger partial charge in [-0.1, -0.05) is 47.5 Å². The van der Waals surface area contributed by atoms with Crippen LogP contribution in [0.1, 0.15) is 15.9 Å². The predicted molar refractivity (Wildman–Crippen MR) is 115 cm³/mol. The largest absolute Gasteiger partial charge is 0.504 e. The number of anilines is 2. The molecule has 30 heavy (non-hydrogen) atoms. The third-order valence-corrected chi connectivity index (χ3v) is 4.87. The zero-order valence-corrected chi connectivity index (χ0v) is 17.1. The highest BCUT2D eigenvalue weighted by molar-refractivity contribution is 6.39. The van der Waals surface area contributed by atoms with Gasteiger partial charge in [0, 0.05) is 11.3 Å². The summed E-state index contributed by atoms with van der Waals surface area (Å²) in [5.74, 6) is -1.88.